The molecule has 1 aromatic carbocycles. The number of imide groups is 2. The molecule has 2 heterocycles. The van der Waals surface area contributed by atoms with Crippen LogP contribution in [0.5, 0.6) is 0 Å². The highest BCUT2D eigenvalue weighted by Gasteiger charge is 2.41. The molecule has 0 bridgehead atoms. The second kappa shape index (κ2) is 4.56. The van der Waals surface area contributed by atoms with Gasteiger partial charge in [0.1, 0.15) is 0 Å². The molecule has 2 aliphatic heterocycles. The summed E-state index contributed by atoms with van der Waals surface area (Å²) in [6.45, 7) is 0. The lowest BCUT2D eigenvalue weighted by Gasteiger charge is -2.23. The van der Waals surface area contributed by atoms with E-state index in [-0.39, 0.29) is 18.7 Å². The average Bonchev–Trinajstić information content (AvgIpc) is 2.56. The third-order valence-electron chi connectivity index (χ3n) is 3.60. The molecule has 1 N–H and O–H groups in total. The van der Waals surface area contributed by atoms with Crippen LogP contribution in [0.2, 0.25) is 0 Å². The molecule has 1 aromatic rings. The normalized spacial score (nSPS) is 22.6. The first-order chi connectivity index (χ1) is 9.58. The van der Waals surface area contributed by atoms with Crippen LogP contribution in [-0.4, -0.2) is 34.6 Å². The molecule has 1 unspecified atom stereocenters. The van der Waals surface area contributed by atoms with E-state index in [1.807, 2.05) is 0 Å². The van der Waals surface area contributed by atoms with Crippen molar-refractivity contribution in [2.75, 3.05) is 0 Å². The van der Waals surface area contributed by atoms with Crippen LogP contribution < -0.4 is 5.32 Å². The number of benzene rings is 1. The van der Waals surface area contributed by atoms with Gasteiger partial charge in [-0.1, -0.05) is 12.1 Å². The predicted molar refractivity (Wildman–Crippen MR) is 67.7 cm³/mol. The van der Waals surface area contributed by atoms with Crippen LogP contribution in [0.15, 0.2) is 24.3 Å². The van der Waals surface area contributed by atoms with Crippen LogP contribution in [0.1, 0.15) is 40.0 Å². The largest absolute Gasteiger partial charge is 0.296 e. The monoisotopic (exact) mass is 272 g/mol. The van der Waals surface area contributed by atoms with E-state index < -0.39 is 23.8 Å². The molecule has 2 aliphatic rings. The summed E-state index contributed by atoms with van der Waals surface area (Å²) in [4.78, 5) is 48.6. The first-order valence-corrected chi connectivity index (χ1v) is 6.37. The molecular weight excluding hydrogens is 260 g/mol. The highest BCUT2D eigenvalue weighted by atomic mass is 16.2. The Morgan fingerprint density at radius 1 is 0.950 bits per heavy atom. The van der Waals surface area contributed by atoms with E-state index >= 15 is 0 Å². The van der Waals surface area contributed by atoms with E-state index in [1.165, 1.54) is 0 Å². The summed E-state index contributed by atoms with van der Waals surface area (Å²) in [5.41, 5.74) is 0.710. The second-order valence-corrected chi connectivity index (χ2v) is 4.89. The second-order valence-electron chi connectivity index (χ2n) is 4.89. The molecule has 0 radical (unpaired) electrons. The number of hydrogen-bond acceptors (Lipinski definition) is 4. The van der Waals surface area contributed by atoms with Gasteiger partial charge in [0.05, 0.1) is 11.1 Å². The van der Waals surface area contributed by atoms with E-state index in [0.29, 0.717) is 17.5 Å². The molecule has 1 saturated heterocycles. The molecule has 0 saturated carbocycles. The number of hydrogen-bond donors (Lipinski definition) is 1. The molecule has 0 aromatic heterocycles. The van der Waals surface area contributed by atoms with Crippen molar-refractivity contribution in [3.63, 3.8) is 0 Å². The van der Waals surface area contributed by atoms with Gasteiger partial charge in [-0.15, -0.1) is 0 Å². The zero-order valence-electron chi connectivity index (χ0n) is 10.6. The van der Waals surface area contributed by atoms with E-state index in [0.717, 1.165) is 4.90 Å². The van der Waals surface area contributed by atoms with Gasteiger partial charge in [-0.2, -0.15) is 0 Å². The smallest absolute Gasteiger partial charge is 0.261 e. The minimum Gasteiger partial charge on any atom is -0.296 e. The summed E-state index contributed by atoms with van der Waals surface area (Å²) < 4.78 is 0. The summed E-state index contributed by atoms with van der Waals surface area (Å²) in [6, 6.07) is 6.01. The average molecular weight is 272 g/mol. The number of rotatable bonds is 1. The van der Waals surface area contributed by atoms with Gasteiger partial charge >= 0.3 is 0 Å². The summed E-state index contributed by atoms with van der Waals surface area (Å²) >= 11 is 0. The van der Waals surface area contributed by atoms with Crippen molar-refractivity contribution in [3.8, 4) is 0 Å². The van der Waals surface area contributed by atoms with E-state index in [1.54, 1.807) is 24.3 Å². The third kappa shape index (κ3) is 1.89. The van der Waals surface area contributed by atoms with Crippen molar-refractivity contribution < 1.29 is 19.2 Å². The molecule has 3 rings (SSSR count). The first kappa shape index (κ1) is 12.5. The maximum atomic E-state index is 12.3. The van der Waals surface area contributed by atoms with Crippen LogP contribution in [0.4, 0.5) is 0 Å². The highest BCUT2D eigenvalue weighted by molar-refractivity contribution is 6.21. The molecule has 6 nitrogen and oxygen atoms in total. The third-order valence-corrected chi connectivity index (χ3v) is 3.60. The fraction of sp³-hybridized carbons (Fsp3) is 0.286. The Kier molecular flexibility index (Phi) is 2.85. The van der Waals surface area contributed by atoms with Crippen molar-refractivity contribution in [1.29, 1.82) is 0 Å². The fourth-order valence-electron chi connectivity index (χ4n) is 2.64. The van der Waals surface area contributed by atoms with Gasteiger partial charge in [-0.25, -0.2) is 0 Å². The Morgan fingerprint density at radius 2 is 1.55 bits per heavy atom. The number of carbonyl (C=O) groups is 4. The van der Waals surface area contributed by atoms with Crippen LogP contribution in [0.25, 0.3) is 0 Å². The van der Waals surface area contributed by atoms with Crippen molar-refractivity contribution in [1.82, 2.24) is 10.2 Å². The minimum absolute atomic E-state index is 0.0305. The first-order valence-electron chi connectivity index (χ1n) is 6.37. The molecule has 1 atom stereocenters. The van der Waals surface area contributed by atoms with Crippen LogP contribution >= 0.6 is 0 Å². The molecule has 0 aliphatic carbocycles. The Labute approximate surface area is 114 Å². The Morgan fingerprint density at radius 3 is 2.15 bits per heavy atom. The Hall–Kier alpha value is -2.50. The molecular formula is C14H12N2O4. The lowest BCUT2D eigenvalue weighted by Crippen LogP contribution is -2.41. The topological polar surface area (TPSA) is 83.6 Å². The zero-order valence-corrected chi connectivity index (χ0v) is 10.6. The Balaban J connectivity index is 1.92. The fourth-order valence-corrected chi connectivity index (χ4v) is 2.64. The SMILES string of the molecule is O=C1CCC(N2C(=O)c3ccccc3C2=O)CC(=O)N1. The van der Waals surface area contributed by atoms with Gasteiger partial charge in [0.2, 0.25) is 11.8 Å². The van der Waals surface area contributed by atoms with Gasteiger partial charge in [0.25, 0.3) is 11.8 Å². The maximum Gasteiger partial charge on any atom is 0.261 e. The number of nitrogens with one attached hydrogen (secondary N) is 1. The van der Waals surface area contributed by atoms with Gasteiger partial charge in [-0.3, -0.25) is 29.4 Å². The van der Waals surface area contributed by atoms with Crippen LogP contribution in [-0.2, 0) is 9.59 Å². The van der Waals surface area contributed by atoms with Gasteiger partial charge in [0, 0.05) is 18.9 Å². The summed E-state index contributed by atoms with van der Waals surface area (Å²) in [6.07, 6.45) is 0.407. The molecule has 1 fully saturated rings. The van der Waals surface area contributed by atoms with Gasteiger partial charge < -0.3 is 0 Å². The lowest BCUT2D eigenvalue weighted by molar-refractivity contribution is -0.129. The molecule has 6 heteroatoms. The number of carbonyl (C=O) groups excluding carboxylic acids is 4. The van der Waals surface area contributed by atoms with E-state index in [2.05, 4.69) is 5.32 Å². The minimum atomic E-state index is -0.561. The molecule has 4 amide bonds. The summed E-state index contributed by atoms with van der Waals surface area (Å²) in [5.74, 6) is -1.60. The number of fused-ring (bicyclic) bond motifs is 1. The van der Waals surface area contributed by atoms with E-state index in [4.69, 9.17) is 0 Å². The molecule has 0 spiro atoms. The molecule has 102 valence electrons. The van der Waals surface area contributed by atoms with Gasteiger partial charge in [-0.05, 0) is 18.6 Å². The maximum absolute atomic E-state index is 12.3. The highest BCUT2D eigenvalue weighted by Crippen LogP contribution is 2.27. The van der Waals surface area contributed by atoms with Crippen LogP contribution in [0.3, 0.4) is 0 Å². The van der Waals surface area contributed by atoms with E-state index in [9.17, 15) is 19.2 Å². The van der Waals surface area contributed by atoms with Crippen molar-refractivity contribution in [3.05, 3.63) is 35.4 Å². The van der Waals surface area contributed by atoms with Crippen molar-refractivity contribution in [2.24, 2.45) is 0 Å². The number of amides is 4. The number of nitrogens with zero attached hydrogens (tertiary/aromatic N) is 1. The standard InChI is InChI=1S/C14H12N2O4/c17-11-6-5-8(7-12(18)15-11)16-13(19)9-3-1-2-4-10(9)14(16)20/h1-4,8H,5-7H2,(H,15,17,18). The van der Waals surface area contributed by atoms with Crippen molar-refractivity contribution >= 4 is 23.6 Å². The zero-order chi connectivity index (χ0) is 14.3. The lowest BCUT2D eigenvalue weighted by atomic mass is 10.1. The Bertz CT molecular complexity index is 603. The van der Waals surface area contributed by atoms with Gasteiger partial charge in [0.15, 0.2) is 0 Å². The molecule has 20 heavy (non-hydrogen) atoms. The van der Waals surface area contributed by atoms with Crippen LogP contribution in [0, 0.1) is 0 Å². The quantitative estimate of drug-likeness (QED) is 0.754. The summed E-state index contributed by atoms with van der Waals surface area (Å²) in [5, 5.41) is 2.22. The van der Waals surface area contributed by atoms with Crippen molar-refractivity contribution in [2.45, 2.75) is 25.3 Å². The predicted octanol–water partition coefficient (Wildman–Crippen LogP) is 0.478. The summed E-state index contributed by atoms with van der Waals surface area (Å²) in [7, 11) is 0.